The number of piperidine rings is 1. The Labute approximate surface area is 218 Å². The number of hydrogen-bond acceptors (Lipinski definition) is 8. The van der Waals surface area contributed by atoms with E-state index in [1.807, 2.05) is 17.2 Å². The van der Waals surface area contributed by atoms with Gasteiger partial charge in [0.2, 0.25) is 5.95 Å². The molecule has 0 spiro atoms. The molecular formula is C27H39N5O5. The SMILES string of the molecule is O=C(O)C1CCC(O)(C2CCCC3C2OC(=O)N3C2CCN(c3ccnc(N4CCCC4)n3)CC2)CC1. The van der Waals surface area contributed by atoms with Crippen LogP contribution in [0.5, 0.6) is 0 Å². The number of amides is 1. The number of aliphatic hydroxyl groups is 1. The Morgan fingerprint density at radius 1 is 0.973 bits per heavy atom. The molecule has 3 saturated heterocycles. The lowest BCUT2D eigenvalue weighted by Gasteiger charge is -2.47. The van der Waals surface area contributed by atoms with E-state index in [0.717, 1.165) is 70.0 Å². The van der Waals surface area contributed by atoms with Crippen molar-refractivity contribution in [3.05, 3.63) is 12.3 Å². The van der Waals surface area contributed by atoms with Crippen LogP contribution in [0.2, 0.25) is 0 Å². The van der Waals surface area contributed by atoms with E-state index in [0.29, 0.717) is 25.7 Å². The Hall–Kier alpha value is -2.62. The van der Waals surface area contributed by atoms with Gasteiger partial charge in [0, 0.05) is 44.3 Å². The van der Waals surface area contributed by atoms with Crippen molar-refractivity contribution in [3.63, 3.8) is 0 Å². The number of fused-ring (bicyclic) bond motifs is 1. The van der Waals surface area contributed by atoms with Gasteiger partial charge in [-0.05, 0) is 70.3 Å². The fraction of sp³-hybridized carbons (Fsp3) is 0.778. The third-order valence-corrected chi connectivity index (χ3v) is 9.69. The maximum Gasteiger partial charge on any atom is 0.410 e. The van der Waals surface area contributed by atoms with Gasteiger partial charge < -0.3 is 24.7 Å². The number of rotatable bonds is 5. The van der Waals surface area contributed by atoms with E-state index in [1.165, 1.54) is 12.8 Å². The Balaban J connectivity index is 1.10. The summed E-state index contributed by atoms with van der Waals surface area (Å²) in [6.07, 6.45) is 9.94. The highest BCUT2D eigenvalue weighted by Gasteiger charge is 2.56. The Kier molecular flexibility index (Phi) is 6.63. The molecule has 37 heavy (non-hydrogen) atoms. The number of carboxylic acids is 1. The van der Waals surface area contributed by atoms with Crippen LogP contribution >= 0.6 is 0 Å². The predicted molar refractivity (Wildman–Crippen MR) is 136 cm³/mol. The molecule has 4 heterocycles. The van der Waals surface area contributed by atoms with Crippen molar-refractivity contribution in [2.75, 3.05) is 36.0 Å². The van der Waals surface area contributed by atoms with Crippen molar-refractivity contribution in [2.24, 2.45) is 11.8 Å². The minimum atomic E-state index is -0.949. The summed E-state index contributed by atoms with van der Waals surface area (Å²) in [7, 11) is 0. The predicted octanol–water partition coefficient (Wildman–Crippen LogP) is 3.04. The number of anilines is 2. The molecule has 10 heteroatoms. The van der Waals surface area contributed by atoms with Gasteiger partial charge in [0.05, 0.1) is 17.6 Å². The van der Waals surface area contributed by atoms with Gasteiger partial charge in [-0.25, -0.2) is 9.78 Å². The molecule has 3 atom stereocenters. The second-order valence-electron chi connectivity index (χ2n) is 11.7. The van der Waals surface area contributed by atoms with Crippen molar-refractivity contribution in [1.29, 1.82) is 0 Å². The molecule has 1 aromatic heterocycles. The average molecular weight is 514 g/mol. The third-order valence-electron chi connectivity index (χ3n) is 9.69. The zero-order valence-corrected chi connectivity index (χ0v) is 21.5. The lowest BCUT2D eigenvalue weighted by Crippen LogP contribution is -2.55. The lowest BCUT2D eigenvalue weighted by molar-refractivity contribution is -0.149. The third kappa shape index (κ3) is 4.62. The fourth-order valence-electron chi connectivity index (χ4n) is 7.60. The van der Waals surface area contributed by atoms with Crippen molar-refractivity contribution >= 4 is 23.8 Å². The van der Waals surface area contributed by atoms with E-state index in [4.69, 9.17) is 9.72 Å². The van der Waals surface area contributed by atoms with Gasteiger partial charge in [0.25, 0.3) is 0 Å². The molecule has 5 aliphatic rings. The van der Waals surface area contributed by atoms with E-state index in [2.05, 4.69) is 14.8 Å². The number of nitrogens with zero attached hydrogens (tertiary/aromatic N) is 5. The van der Waals surface area contributed by atoms with Gasteiger partial charge in [-0.15, -0.1) is 0 Å². The van der Waals surface area contributed by atoms with E-state index in [-0.39, 0.29) is 36.1 Å². The van der Waals surface area contributed by atoms with E-state index >= 15 is 0 Å². The second kappa shape index (κ2) is 9.93. The first kappa shape index (κ1) is 24.7. The van der Waals surface area contributed by atoms with Crippen LogP contribution in [-0.4, -0.2) is 87.1 Å². The van der Waals surface area contributed by atoms with Gasteiger partial charge in [0.15, 0.2) is 0 Å². The summed E-state index contributed by atoms with van der Waals surface area (Å²) in [5.41, 5.74) is -0.949. The lowest BCUT2D eigenvalue weighted by atomic mass is 9.65. The zero-order valence-electron chi connectivity index (χ0n) is 21.5. The maximum absolute atomic E-state index is 13.2. The van der Waals surface area contributed by atoms with Crippen molar-refractivity contribution in [3.8, 4) is 0 Å². The maximum atomic E-state index is 13.2. The van der Waals surface area contributed by atoms with Crippen LogP contribution in [0, 0.1) is 11.8 Å². The van der Waals surface area contributed by atoms with Gasteiger partial charge >= 0.3 is 12.1 Å². The van der Waals surface area contributed by atoms with Crippen molar-refractivity contribution in [2.45, 2.75) is 94.4 Å². The van der Waals surface area contributed by atoms with Crippen molar-refractivity contribution < 1.29 is 24.5 Å². The Bertz CT molecular complexity index is 1000. The molecule has 3 unspecified atom stereocenters. The molecule has 3 aliphatic heterocycles. The molecule has 0 aromatic carbocycles. The minimum absolute atomic E-state index is 0.00941. The summed E-state index contributed by atoms with van der Waals surface area (Å²) >= 11 is 0. The number of ether oxygens (including phenoxy) is 1. The van der Waals surface area contributed by atoms with Gasteiger partial charge in [-0.3, -0.25) is 9.69 Å². The molecule has 5 fully saturated rings. The van der Waals surface area contributed by atoms with Crippen LogP contribution < -0.4 is 9.80 Å². The fourth-order valence-corrected chi connectivity index (χ4v) is 7.60. The summed E-state index contributed by atoms with van der Waals surface area (Å²) in [5.74, 6) is 0.484. The van der Waals surface area contributed by atoms with E-state index in [9.17, 15) is 19.8 Å². The van der Waals surface area contributed by atoms with Crippen LogP contribution in [0.4, 0.5) is 16.6 Å². The normalized spacial score (nSPS) is 34.9. The molecule has 202 valence electrons. The summed E-state index contributed by atoms with van der Waals surface area (Å²) in [5, 5.41) is 20.9. The Morgan fingerprint density at radius 3 is 2.41 bits per heavy atom. The highest BCUT2D eigenvalue weighted by atomic mass is 16.6. The van der Waals surface area contributed by atoms with Gasteiger partial charge in [-0.2, -0.15) is 4.98 Å². The molecule has 0 radical (unpaired) electrons. The van der Waals surface area contributed by atoms with Gasteiger partial charge in [0.1, 0.15) is 11.9 Å². The smallest absolute Gasteiger partial charge is 0.410 e. The standard InChI is InChI=1S/C27H39N5O5/c33-24(34)18-6-11-27(36,12-7-18)20-4-3-5-21-23(20)37-26(35)32(21)19-9-16-30(17-10-19)22-8-13-28-25(29-22)31-14-1-2-15-31/h8,13,18-21,23,36H,1-7,9-12,14-17H2,(H,33,34). The molecule has 2 saturated carbocycles. The summed E-state index contributed by atoms with van der Waals surface area (Å²) in [6.45, 7) is 3.68. The number of carbonyl (C=O) groups is 2. The van der Waals surface area contributed by atoms with Crippen LogP contribution in [-0.2, 0) is 9.53 Å². The first-order chi connectivity index (χ1) is 17.9. The molecule has 2 aliphatic carbocycles. The van der Waals surface area contributed by atoms with Crippen LogP contribution in [0.25, 0.3) is 0 Å². The quantitative estimate of drug-likeness (QED) is 0.612. The monoisotopic (exact) mass is 513 g/mol. The molecule has 2 N–H and O–H groups in total. The number of aliphatic carboxylic acids is 1. The molecule has 1 aromatic rings. The second-order valence-corrected chi connectivity index (χ2v) is 11.7. The van der Waals surface area contributed by atoms with E-state index in [1.54, 1.807) is 0 Å². The molecule has 10 nitrogen and oxygen atoms in total. The first-order valence-corrected chi connectivity index (χ1v) is 14.2. The summed E-state index contributed by atoms with van der Waals surface area (Å²) in [6, 6.07) is 2.09. The number of hydrogen-bond donors (Lipinski definition) is 2. The van der Waals surface area contributed by atoms with Gasteiger partial charge in [-0.1, -0.05) is 6.42 Å². The van der Waals surface area contributed by atoms with E-state index < -0.39 is 11.6 Å². The van der Waals surface area contributed by atoms with Crippen molar-refractivity contribution in [1.82, 2.24) is 14.9 Å². The highest BCUT2D eigenvalue weighted by molar-refractivity contribution is 5.71. The average Bonchev–Trinajstić information content (AvgIpc) is 3.57. The Morgan fingerprint density at radius 2 is 1.70 bits per heavy atom. The number of carbonyl (C=O) groups excluding carboxylic acids is 1. The summed E-state index contributed by atoms with van der Waals surface area (Å²) in [4.78, 5) is 40.4. The topological polar surface area (TPSA) is 119 Å². The highest BCUT2D eigenvalue weighted by Crippen LogP contribution is 2.48. The zero-order chi connectivity index (χ0) is 25.6. The number of aromatic nitrogens is 2. The van der Waals surface area contributed by atoms with Crippen LogP contribution in [0.15, 0.2) is 12.3 Å². The first-order valence-electron chi connectivity index (χ1n) is 14.2. The van der Waals surface area contributed by atoms with Crippen LogP contribution in [0.3, 0.4) is 0 Å². The number of carboxylic acid groups (broad SMARTS) is 1. The molecule has 6 rings (SSSR count). The minimum Gasteiger partial charge on any atom is -0.481 e. The largest absolute Gasteiger partial charge is 0.481 e. The summed E-state index contributed by atoms with van der Waals surface area (Å²) < 4.78 is 5.99. The van der Waals surface area contributed by atoms with Crippen LogP contribution in [0.1, 0.15) is 70.6 Å². The molecule has 0 bridgehead atoms. The molecular weight excluding hydrogens is 474 g/mol. The molecule has 1 amide bonds.